The summed E-state index contributed by atoms with van der Waals surface area (Å²) >= 11 is 3.48. The minimum absolute atomic E-state index is 0.00904. The summed E-state index contributed by atoms with van der Waals surface area (Å²) in [6.45, 7) is 3.45. The van der Waals surface area contributed by atoms with Crippen molar-refractivity contribution in [3.63, 3.8) is 0 Å². The molecule has 22 heavy (non-hydrogen) atoms. The fourth-order valence-electron chi connectivity index (χ4n) is 3.21. The summed E-state index contributed by atoms with van der Waals surface area (Å²) in [4.78, 5) is 2.31. The molecule has 2 aliphatic heterocycles. The summed E-state index contributed by atoms with van der Waals surface area (Å²) in [6, 6.07) is 6.35. The Hall–Kier alpha value is -1.09. The molecule has 0 saturated carbocycles. The SMILES string of the molecule is N#Cc1cc(Br)cc2c1N(CCCOC1CCCCO1)CC2. The number of hydrogen-bond donors (Lipinski definition) is 0. The average molecular weight is 365 g/mol. The Morgan fingerprint density at radius 3 is 3.09 bits per heavy atom. The first-order valence-corrected chi connectivity index (χ1v) is 8.78. The number of fused-ring (bicyclic) bond motifs is 1. The summed E-state index contributed by atoms with van der Waals surface area (Å²) in [7, 11) is 0. The van der Waals surface area contributed by atoms with Crippen LogP contribution in [0.3, 0.4) is 0 Å². The fourth-order valence-corrected chi connectivity index (χ4v) is 3.71. The van der Waals surface area contributed by atoms with E-state index in [1.54, 1.807) is 0 Å². The third-order valence-corrected chi connectivity index (χ3v) is 4.71. The van der Waals surface area contributed by atoms with Crippen LogP contribution < -0.4 is 4.90 Å². The van der Waals surface area contributed by atoms with Gasteiger partial charge in [-0.05, 0) is 49.8 Å². The lowest BCUT2D eigenvalue weighted by Gasteiger charge is -2.24. The highest BCUT2D eigenvalue weighted by molar-refractivity contribution is 9.10. The van der Waals surface area contributed by atoms with Crippen LogP contribution in [0.2, 0.25) is 0 Å². The third kappa shape index (κ3) is 3.62. The van der Waals surface area contributed by atoms with E-state index in [4.69, 9.17) is 9.47 Å². The van der Waals surface area contributed by atoms with E-state index in [1.165, 1.54) is 12.0 Å². The second-order valence-electron chi connectivity index (χ2n) is 5.83. The molecule has 1 fully saturated rings. The van der Waals surface area contributed by atoms with E-state index in [-0.39, 0.29) is 6.29 Å². The zero-order valence-corrected chi connectivity index (χ0v) is 14.3. The number of benzene rings is 1. The summed E-state index contributed by atoms with van der Waals surface area (Å²) in [5.74, 6) is 0. The molecule has 118 valence electrons. The van der Waals surface area contributed by atoms with Crippen LogP contribution in [0.4, 0.5) is 5.69 Å². The Balaban J connectivity index is 1.52. The van der Waals surface area contributed by atoms with Crippen molar-refractivity contribution in [2.24, 2.45) is 0 Å². The van der Waals surface area contributed by atoms with Gasteiger partial charge in [0.1, 0.15) is 6.07 Å². The fraction of sp³-hybridized carbons (Fsp3) is 0.588. The monoisotopic (exact) mass is 364 g/mol. The van der Waals surface area contributed by atoms with Gasteiger partial charge in [0.15, 0.2) is 6.29 Å². The van der Waals surface area contributed by atoms with E-state index in [0.717, 1.165) is 67.7 Å². The van der Waals surface area contributed by atoms with Crippen LogP contribution in [-0.2, 0) is 15.9 Å². The van der Waals surface area contributed by atoms with Gasteiger partial charge in [0.25, 0.3) is 0 Å². The lowest BCUT2D eigenvalue weighted by molar-refractivity contribution is -0.162. The Morgan fingerprint density at radius 1 is 1.41 bits per heavy atom. The molecule has 1 aromatic rings. The van der Waals surface area contributed by atoms with Gasteiger partial charge in [-0.15, -0.1) is 0 Å². The van der Waals surface area contributed by atoms with Crippen molar-refractivity contribution in [1.29, 1.82) is 5.26 Å². The number of nitrogens with zero attached hydrogens (tertiary/aromatic N) is 2. The lowest BCUT2D eigenvalue weighted by Crippen LogP contribution is -2.26. The van der Waals surface area contributed by atoms with Gasteiger partial charge < -0.3 is 14.4 Å². The molecule has 3 rings (SSSR count). The molecule has 1 aromatic carbocycles. The second-order valence-corrected chi connectivity index (χ2v) is 6.75. The smallest absolute Gasteiger partial charge is 0.157 e. The molecule has 0 amide bonds. The van der Waals surface area contributed by atoms with Gasteiger partial charge in [-0.25, -0.2) is 0 Å². The first-order chi connectivity index (χ1) is 10.8. The average Bonchev–Trinajstić information content (AvgIpc) is 2.94. The molecule has 1 unspecified atom stereocenters. The zero-order chi connectivity index (χ0) is 15.4. The van der Waals surface area contributed by atoms with Crippen molar-refractivity contribution < 1.29 is 9.47 Å². The molecule has 1 atom stereocenters. The van der Waals surface area contributed by atoms with E-state index in [2.05, 4.69) is 33.0 Å². The van der Waals surface area contributed by atoms with E-state index >= 15 is 0 Å². The molecule has 0 N–H and O–H groups in total. The van der Waals surface area contributed by atoms with Crippen molar-refractivity contribution in [2.45, 2.75) is 38.4 Å². The van der Waals surface area contributed by atoms with Crippen LogP contribution >= 0.6 is 15.9 Å². The van der Waals surface area contributed by atoms with Crippen molar-refractivity contribution in [1.82, 2.24) is 0 Å². The Kier molecular flexibility index (Phi) is 5.35. The molecule has 0 radical (unpaired) electrons. The Morgan fingerprint density at radius 2 is 2.32 bits per heavy atom. The highest BCUT2D eigenvalue weighted by Gasteiger charge is 2.23. The van der Waals surface area contributed by atoms with Crippen LogP contribution in [0.15, 0.2) is 16.6 Å². The maximum Gasteiger partial charge on any atom is 0.157 e. The number of hydrogen-bond acceptors (Lipinski definition) is 4. The minimum Gasteiger partial charge on any atom is -0.370 e. The van der Waals surface area contributed by atoms with Gasteiger partial charge in [-0.3, -0.25) is 0 Å². The summed E-state index contributed by atoms with van der Waals surface area (Å²) < 4.78 is 12.3. The molecular formula is C17H21BrN2O2. The topological polar surface area (TPSA) is 45.5 Å². The van der Waals surface area contributed by atoms with Crippen LogP contribution in [0.5, 0.6) is 0 Å². The minimum atomic E-state index is -0.00904. The van der Waals surface area contributed by atoms with Gasteiger partial charge in [-0.2, -0.15) is 5.26 Å². The molecule has 5 heteroatoms. The maximum absolute atomic E-state index is 9.35. The Bertz CT molecular complexity index is 565. The maximum atomic E-state index is 9.35. The molecule has 0 bridgehead atoms. The van der Waals surface area contributed by atoms with Crippen LogP contribution in [0.1, 0.15) is 36.8 Å². The first kappa shape index (κ1) is 15.8. The second kappa shape index (κ2) is 7.45. The van der Waals surface area contributed by atoms with E-state index in [1.807, 2.05) is 6.07 Å². The first-order valence-electron chi connectivity index (χ1n) is 7.98. The summed E-state index contributed by atoms with van der Waals surface area (Å²) in [6.07, 6.45) is 5.32. The summed E-state index contributed by atoms with van der Waals surface area (Å²) in [5, 5.41) is 9.35. The molecule has 2 heterocycles. The molecule has 0 spiro atoms. The number of ether oxygens (including phenoxy) is 2. The van der Waals surface area contributed by atoms with Gasteiger partial charge >= 0.3 is 0 Å². The van der Waals surface area contributed by atoms with Gasteiger partial charge in [-0.1, -0.05) is 15.9 Å². The van der Waals surface area contributed by atoms with Gasteiger partial charge in [0.2, 0.25) is 0 Å². The standard InChI is InChI=1S/C17H21BrN2O2/c18-15-10-13-5-7-20(17(13)14(11-15)12-19)6-3-9-22-16-4-1-2-8-21-16/h10-11,16H,1-9H2. The number of halogens is 1. The predicted octanol–water partition coefficient (Wildman–Crippen LogP) is 3.62. The van der Waals surface area contributed by atoms with Crippen molar-refractivity contribution in [3.05, 3.63) is 27.7 Å². The lowest BCUT2D eigenvalue weighted by atomic mass is 10.1. The van der Waals surface area contributed by atoms with Crippen molar-refractivity contribution in [3.8, 4) is 6.07 Å². The number of rotatable bonds is 5. The molecule has 1 saturated heterocycles. The van der Waals surface area contributed by atoms with Crippen molar-refractivity contribution >= 4 is 21.6 Å². The van der Waals surface area contributed by atoms with E-state index in [0.29, 0.717) is 0 Å². The third-order valence-electron chi connectivity index (χ3n) is 4.26. The van der Waals surface area contributed by atoms with E-state index < -0.39 is 0 Å². The molecule has 4 nitrogen and oxygen atoms in total. The number of anilines is 1. The number of nitriles is 1. The molecule has 0 aromatic heterocycles. The van der Waals surface area contributed by atoms with Crippen LogP contribution in [0.25, 0.3) is 0 Å². The quantitative estimate of drug-likeness (QED) is 0.748. The highest BCUT2D eigenvalue weighted by atomic mass is 79.9. The molecule has 0 aliphatic carbocycles. The van der Waals surface area contributed by atoms with E-state index in [9.17, 15) is 5.26 Å². The molecule has 2 aliphatic rings. The predicted molar refractivity (Wildman–Crippen MR) is 88.9 cm³/mol. The zero-order valence-electron chi connectivity index (χ0n) is 12.7. The van der Waals surface area contributed by atoms with Crippen molar-refractivity contribution in [2.75, 3.05) is 31.2 Å². The highest BCUT2D eigenvalue weighted by Crippen LogP contribution is 2.34. The molecular weight excluding hydrogens is 344 g/mol. The Labute approximate surface area is 140 Å². The summed E-state index contributed by atoms with van der Waals surface area (Å²) in [5.41, 5.74) is 3.14. The normalized spacial score (nSPS) is 20.7. The largest absolute Gasteiger partial charge is 0.370 e. The van der Waals surface area contributed by atoms with Crippen LogP contribution in [0, 0.1) is 11.3 Å². The van der Waals surface area contributed by atoms with Crippen LogP contribution in [-0.4, -0.2) is 32.6 Å². The van der Waals surface area contributed by atoms with Gasteiger partial charge in [0, 0.05) is 24.2 Å². The van der Waals surface area contributed by atoms with Gasteiger partial charge in [0.05, 0.1) is 17.9 Å².